The Morgan fingerprint density at radius 3 is 2.20 bits per heavy atom. The molecule has 4 heterocycles. The van der Waals surface area contributed by atoms with Crippen LogP contribution in [-0.4, -0.2) is 9.97 Å². The average Bonchev–Trinajstić information content (AvgIpc) is 3.50. The number of aromatic nitrogens is 2. The van der Waals surface area contributed by atoms with Crippen molar-refractivity contribution >= 4 is 43.4 Å². The van der Waals surface area contributed by atoms with Crippen molar-refractivity contribution in [2.75, 3.05) is 0 Å². The van der Waals surface area contributed by atoms with Gasteiger partial charge in [0, 0.05) is 47.5 Å². The molecule has 0 bridgehead atoms. The first-order chi connectivity index (χ1) is 21.4. The molecule has 46 heavy (non-hydrogen) atoms. The zero-order valence-electron chi connectivity index (χ0n) is 28.1. The number of hydrogen-bond acceptors (Lipinski definition) is 4. The van der Waals surface area contributed by atoms with Crippen molar-refractivity contribution in [3.63, 3.8) is 0 Å². The van der Waals surface area contributed by atoms with E-state index in [0.717, 1.165) is 50.9 Å². The summed E-state index contributed by atoms with van der Waals surface area (Å²) in [6.45, 7) is 19.6. The Morgan fingerprint density at radius 2 is 1.50 bits per heavy atom. The molecule has 0 unspecified atom stereocenters. The van der Waals surface area contributed by atoms with Gasteiger partial charge in [0.25, 0.3) is 0 Å². The molecule has 7 rings (SSSR count). The fourth-order valence-electron chi connectivity index (χ4n) is 5.66. The predicted octanol–water partition coefficient (Wildman–Crippen LogP) is 11.6. The second-order valence-corrected chi connectivity index (χ2v) is 14.7. The number of furan rings is 1. The summed E-state index contributed by atoms with van der Waals surface area (Å²) in [5, 5.41) is 3.58. The van der Waals surface area contributed by atoms with Crippen LogP contribution in [-0.2, 0) is 26.5 Å². The van der Waals surface area contributed by atoms with Crippen molar-refractivity contribution in [1.82, 2.24) is 9.97 Å². The maximum atomic E-state index is 6.41. The number of pyridine rings is 2. The molecule has 0 fully saturated rings. The van der Waals surface area contributed by atoms with E-state index in [0.29, 0.717) is 0 Å². The Balaban J connectivity index is 0.000000220. The molecule has 237 valence electrons. The molecule has 0 spiro atoms. The molecule has 7 aromatic rings. The van der Waals surface area contributed by atoms with Gasteiger partial charge in [0.15, 0.2) is 0 Å². The maximum absolute atomic E-state index is 6.41. The Hall–Kier alpha value is -3.63. The van der Waals surface area contributed by atoms with Crippen molar-refractivity contribution < 1.29 is 24.5 Å². The molecule has 0 aliphatic carbocycles. The molecule has 0 atom stereocenters. The number of nitrogens with zero attached hydrogens (tertiary/aromatic N) is 2. The summed E-state index contributed by atoms with van der Waals surface area (Å²) in [4.78, 5) is 10.5. The minimum Gasteiger partial charge on any atom is -0.501 e. The first-order valence-corrected chi connectivity index (χ1v) is 16.3. The zero-order valence-corrected chi connectivity index (χ0v) is 31.3. The van der Waals surface area contributed by atoms with Crippen molar-refractivity contribution in [3.8, 4) is 22.5 Å². The molecule has 0 aliphatic heterocycles. The zero-order chi connectivity index (χ0) is 32.0. The van der Waals surface area contributed by atoms with Crippen molar-refractivity contribution in [2.45, 2.75) is 68.7 Å². The molecule has 0 amide bonds. The standard InChI is InChI=1S/C27H26NOS.C14H14N.Ir/c1-15-14-28-23(10-18(15)13-27(4,5)6)20-9-7-8-19-22-12-25-21(16(2)17(3)30-25)11-24(22)29-26(19)20;1-10-4-6-13(7-5-10)14-8-11(2)12(3)9-15-14;/h7-8,10-12,14H,13H2,1-6H3;4-6,8-9H,1-3H3;/q2*-1;. The molecule has 4 aromatic heterocycles. The van der Waals surface area contributed by atoms with Crippen LogP contribution in [0.15, 0.2) is 71.4 Å². The number of hydrogen-bond donors (Lipinski definition) is 0. The van der Waals surface area contributed by atoms with Gasteiger partial charge in [0.1, 0.15) is 5.58 Å². The Labute approximate surface area is 290 Å². The molecule has 1 radical (unpaired) electrons. The maximum Gasteiger partial charge on any atom is 0.121 e. The van der Waals surface area contributed by atoms with E-state index in [1.165, 1.54) is 48.3 Å². The van der Waals surface area contributed by atoms with Gasteiger partial charge in [-0.1, -0.05) is 61.9 Å². The Kier molecular flexibility index (Phi) is 9.70. The number of aryl methyl sites for hydroxylation is 6. The van der Waals surface area contributed by atoms with Gasteiger partial charge in [-0.2, -0.15) is 0 Å². The molecular formula is C41H40IrN2OS-2. The van der Waals surface area contributed by atoms with Gasteiger partial charge >= 0.3 is 0 Å². The molecule has 3 aromatic carbocycles. The van der Waals surface area contributed by atoms with Gasteiger partial charge in [-0.25, -0.2) is 0 Å². The first kappa shape index (κ1) is 33.7. The number of benzene rings is 3. The minimum absolute atomic E-state index is 0. The van der Waals surface area contributed by atoms with Crippen LogP contribution in [0.5, 0.6) is 0 Å². The molecule has 3 nitrogen and oxygen atoms in total. The van der Waals surface area contributed by atoms with E-state index >= 15 is 0 Å². The van der Waals surface area contributed by atoms with Crippen LogP contribution in [0.25, 0.3) is 54.5 Å². The molecule has 0 aliphatic rings. The van der Waals surface area contributed by atoms with E-state index in [1.807, 2.05) is 35.9 Å². The monoisotopic (exact) mass is 801 g/mol. The van der Waals surface area contributed by atoms with Crippen LogP contribution in [0.2, 0.25) is 0 Å². The molecule has 5 heteroatoms. The third kappa shape index (κ3) is 6.88. The van der Waals surface area contributed by atoms with Crippen LogP contribution >= 0.6 is 11.3 Å². The largest absolute Gasteiger partial charge is 0.501 e. The normalized spacial score (nSPS) is 11.5. The van der Waals surface area contributed by atoms with Crippen LogP contribution in [0.3, 0.4) is 0 Å². The number of thiophene rings is 1. The summed E-state index contributed by atoms with van der Waals surface area (Å²) in [5.41, 5.74) is 13.6. The molecule has 0 saturated heterocycles. The van der Waals surface area contributed by atoms with Gasteiger partial charge in [0.05, 0.1) is 5.58 Å². The third-order valence-electron chi connectivity index (χ3n) is 8.54. The third-order valence-corrected chi connectivity index (χ3v) is 9.71. The van der Waals surface area contributed by atoms with Gasteiger partial charge in [-0.3, -0.25) is 0 Å². The summed E-state index contributed by atoms with van der Waals surface area (Å²) in [7, 11) is 0. The van der Waals surface area contributed by atoms with Crippen molar-refractivity contribution in [2.24, 2.45) is 5.41 Å². The van der Waals surface area contributed by atoms with Gasteiger partial charge in [0.2, 0.25) is 0 Å². The first-order valence-electron chi connectivity index (χ1n) is 15.5. The van der Waals surface area contributed by atoms with Crippen LogP contribution in [0, 0.1) is 59.1 Å². The van der Waals surface area contributed by atoms with E-state index in [-0.39, 0.29) is 25.5 Å². The van der Waals surface area contributed by atoms with Crippen LogP contribution in [0.1, 0.15) is 59.0 Å². The van der Waals surface area contributed by atoms with E-state index in [4.69, 9.17) is 9.40 Å². The Bertz CT molecular complexity index is 2180. The molecule has 0 saturated carbocycles. The smallest absolute Gasteiger partial charge is 0.121 e. The molecular weight excluding hydrogens is 761 g/mol. The van der Waals surface area contributed by atoms with E-state index < -0.39 is 0 Å². The summed E-state index contributed by atoms with van der Waals surface area (Å²) in [6, 6.07) is 25.7. The van der Waals surface area contributed by atoms with Crippen molar-refractivity contribution in [1.29, 1.82) is 0 Å². The van der Waals surface area contributed by atoms with E-state index in [1.54, 1.807) is 0 Å². The fraction of sp³-hybridized carbons (Fsp3) is 0.268. The second kappa shape index (κ2) is 13.2. The summed E-state index contributed by atoms with van der Waals surface area (Å²) < 4.78 is 7.73. The summed E-state index contributed by atoms with van der Waals surface area (Å²) in [6.07, 6.45) is 4.91. The minimum atomic E-state index is 0. The quantitative estimate of drug-likeness (QED) is 0.167. The van der Waals surface area contributed by atoms with E-state index in [9.17, 15) is 0 Å². The summed E-state index contributed by atoms with van der Waals surface area (Å²) >= 11 is 1.85. The topological polar surface area (TPSA) is 38.9 Å². The number of fused-ring (bicyclic) bond motifs is 4. The predicted molar refractivity (Wildman–Crippen MR) is 191 cm³/mol. The van der Waals surface area contributed by atoms with Gasteiger partial charge in [-0.15, -0.1) is 64.9 Å². The second-order valence-electron chi connectivity index (χ2n) is 13.5. The number of rotatable bonds is 3. The van der Waals surface area contributed by atoms with Crippen LogP contribution < -0.4 is 0 Å². The van der Waals surface area contributed by atoms with Crippen LogP contribution in [0.4, 0.5) is 0 Å². The fourth-order valence-corrected chi connectivity index (χ4v) is 6.76. The average molecular weight is 801 g/mol. The van der Waals surface area contributed by atoms with E-state index in [2.05, 4.69) is 122 Å². The van der Waals surface area contributed by atoms with Gasteiger partial charge < -0.3 is 14.4 Å². The summed E-state index contributed by atoms with van der Waals surface area (Å²) in [5.74, 6) is 0. The SMILES string of the molecule is Cc1c[c-]c(-c2cc(C)c(C)cn2)cc1.Cc1cnc(-c2[c-]ccc3c2oc2cc4c(C)c(C)sc4cc23)cc1CC(C)(C)C.[Ir]. The van der Waals surface area contributed by atoms with Gasteiger partial charge in [-0.05, 0) is 92.1 Å². The van der Waals surface area contributed by atoms with Crippen molar-refractivity contribution in [3.05, 3.63) is 117 Å². The molecule has 0 N–H and O–H groups in total. The Morgan fingerprint density at radius 1 is 0.761 bits per heavy atom.